The first kappa shape index (κ1) is 11.3. The largest absolute Gasteiger partial charge is 0.365 e. The summed E-state index contributed by atoms with van der Waals surface area (Å²) in [5, 5.41) is 9.90. The third-order valence-electron chi connectivity index (χ3n) is 3.71. The van der Waals surface area contributed by atoms with Crippen LogP contribution in [0.4, 0.5) is 5.82 Å². The molecule has 0 bridgehead atoms. The molecule has 3 rings (SSSR count). The van der Waals surface area contributed by atoms with Gasteiger partial charge in [-0.2, -0.15) is 5.10 Å². The lowest BCUT2D eigenvalue weighted by atomic mass is 10.0. The summed E-state index contributed by atoms with van der Waals surface area (Å²) in [5.74, 6) is 1.44. The minimum Gasteiger partial charge on any atom is -0.365 e. The summed E-state index contributed by atoms with van der Waals surface area (Å²) in [6.45, 7) is 4.03. The molecule has 1 aliphatic carbocycles. The highest BCUT2D eigenvalue weighted by molar-refractivity contribution is 5.50. The molecule has 2 heterocycles. The molecule has 1 aliphatic rings. The molecule has 0 unspecified atom stereocenters. The van der Waals surface area contributed by atoms with Gasteiger partial charge >= 0.3 is 5.69 Å². The molecule has 18 heavy (non-hydrogen) atoms. The van der Waals surface area contributed by atoms with E-state index in [0.717, 1.165) is 18.7 Å². The zero-order chi connectivity index (χ0) is 12.8. The van der Waals surface area contributed by atoms with E-state index in [4.69, 9.17) is 0 Å². The maximum Gasteiger partial charge on any atom is 0.349 e. The molecule has 1 fully saturated rings. The number of aromatic amines is 1. The van der Waals surface area contributed by atoms with Crippen molar-refractivity contribution in [3.63, 3.8) is 0 Å². The van der Waals surface area contributed by atoms with Crippen molar-refractivity contribution in [2.75, 3.05) is 5.32 Å². The molecule has 0 radical (unpaired) electrons. The molecular weight excluding hydrogens is 230 g/mol. The summed E-state index contributed by atoms with van der Waals surface area (Å²) in [6.07, 6.45) is 4.83. The topological polar surface area (TPSA) is 75.1 Å². The van der Waals surface area contributed by atoms with Gasteiger partial charge in [0.2, 0.25) is 0 Å². The van der Waals surface area contributed by atoms with Crippen LogP contribution in [0.25, 0.3) is 5.65 Å². The van der Waals surface area contributed by atoms with E-state index in [1.165, 1.54) is 17.2 Å². The second kappa shape index (κ2) is 3.83. The van der Waals surface area contributed by atoms with Gasteiger partial charge in [-0.05, 0) is 26.7 Å². The predicted octanol–water partition coefficient (Wildman–Crippen LogP) is 1.47. The number of fused-ring (bicyclic) bond motifs is 1. The Kier molecular flexibility index (Phi) is 2.39. The van der Waals surface area contributed by atoms with Gasteiger partial charge in [0.25, 0.3) is 0 Å². The number of aromatic nitrogens is 4. The maximum atomic E-state index is 11.5. The minimum atomic E-state index is -0.242. The Bertz CT molecular complexity index is 635. The fraction of sp³-hybridized carbons (Fsp3) is 0.583. The summed E-state index contributed by atoms with van der Waals surface area (Å²) in [4.78, 5) is 15.9. The SMILES string of the molecule is Cc1nc(NC2(C)CCCC2)cc2n[nH]c(=O)n12. The van der Waals surface area contributed by atoms with Crippen molar-refractivity contribution in [1.82, 2.24) is 19.6 Å². The fourth-order valence-electron chi connectivity index (χ4n) is 2.75. The van der Waals surface area contributed by atoms with Crippen molar-refractivity contribution in [3.8, 4) is 0 Å². The molecule has 2 N–H and O–H groups in total. The summed E-state index contributed by atoms with van der Waals surface area (Å²) in [6, 6.07) is 1.81. The highest BCUT2D eigenvalue weighted by Gasteiger charge is 2.28. The molecular formula is C12H17N5O. The first-order valence-corrected chi connectivity index (χ1v) is 6.30. The molecule has 0 aliphatic heterocycles. The van der Waals surface area contributed by atoms with Crippen molar-refractivity contribution in [1.29, 1.82) is 0 Å². The summed E-state index contributed by atoms with van der Waals surface area (Å²) in [7, 11) is 0. The Morgan fingerprint density at radius 1 is 1.44 bits per heavy atom. The molecule has 1 saturated carbocycles. The number of nitrogens with one attached hydrogen (secondary N) is 2. The second-order valence-corrected chi connectivity index (χ2v) is 5.30. The molecule has 0 saturated heterocycles. The number of hydrogen-bond acceptors (Lipinski definition) is 4. The van der Waals surface area contributed by atoms with Crippen LogP contribution in [0, 0.1) is 6.92 Å². The van der Waals surface area contributed by atoms with Crippen LogP contribution in [0.15, 0.2) is 10.9 Å². The first-order valence-electron chi connectivity index (χ1n) is 6.30. The van der Waals surface area contributed by atoms with Crippen molar-refractivity contribution >= 4 is 11.5 Å². The highest BCUT2D eigenvalue weighted by Crippen LogP contribution is 2.32. The lowest BCUT2D eigenvalue weighted by Crippen LogP contribution is -2.31. The number of hydrogen-bond donors (Lipinski definition) is 2. The number of rotatable bonds is 2. The van der Waals surface area contributed by atoms with Gasteiger partial charge in [-0.25, -0.2) is 19.3 Å². The third kappa shape index (κ3) is 1.77. The Morgan fingerprint density at radius 2 is 2.17 bits per heavy atom. The number of nitrogens with zero attached hydrogens (tertiary/aromatic N) is 3. The van der Waals surface area contributed by atoms with E-state index in [2.05, 4.69) is 27.4 Å². The van der Waals surface area contributed by atoms with E-state index in [-0.39, 0.29) is 11.2 Å². The molecule has 2 aromatic heterocycles. The smallest absolute Gasteiger partial charge is 0.349 e. The van der Waals surface area contributed by atoms with Gasteiger partial charge in [0.15, 0.2) is 5.65 Å². The Hall–Kier alpha value is -1.85. The molecule has 0 amide bonds. The van der Waals surface area contributed by atoms with E-state index in [1.807, 2.05) is 13.0 Å². The van der Waals surface area contributed by atoms with Crippen LogP contribution in [-0.2, 0) is 0 Å². The lowest BCUT2D eigenvalue weighted by molar-refractivity contribution is 0.530. The van der Waals surface area contributed by atoms with Gasteiger partial charge in [0.05, 0.1) is 0 Å². The molecule has 0 spiro atoms. The van der Waals surface area contributed by atoms with Crippen molar-refractivity contribution < 1.29 is 0 Å². The van der Waals surface area contributed by atoms with Crippen molar-refractivity contribution in [3.05, 3.63) is 22.4 Å². The van der Waals surface area contributed by atoms with Crippen LogP contribution >= 0.6 is 0 Å². The van der Waals surface area contributed by atoms with Gasteiger partial charge < -0.3 is 5.32 Å². The molecule has 6 nitrogen and oxygen atoms in total. The van der Waals surface area contributed by atoms with Crippen molar-refractivity contribution in [2.45, 2.75) is 45.1 Å². The highest BCUT2D eigenvalue weighted by atomic mass is 16.1. The van der Waals surface area contributed by atoms with Crippen LogP contribution in [-0.4, -0.2) is 25.1 Å². The number of anilines is 1. The van der Waals surface area contributed by atoms with Crippen LogP contribution < -0.4 is 11.0 Å². The fourth-order valence-corrected chi connectivity index (χ4v) is 2.75. The quantitative estimate of drug-likeness (QED) is 0.842. The molecule has 0 atom stereocenters. The van der Waals surface area contributed by atoms with E-state index in [1.54, 1.807) is 0 Å². The predicted molar refractivity (Wildman–Crippen MR) is 68.8 cm³/mol. The Balaban J connectivity index is 2.00. The van der Waals surface area contributed by atoms with Gasteiger partial charge in [-0.1, -0.05) is 12.8 Å². The molecule has 6 heteroatoms. The van der Waals surface area contributed by atoms with Crippen LogP contribution in [0.2, 0.25) is 0 Å². The van der Waals surface area contributed by atoms with E-state index in [0.29, 0.717) is 11.5 Å². The minimum absolute atomic E-state index is 0.119. The average Bonchev–Trinajstić information content (AvgIpc) is 2.86. The Labute approximate surface area is 104 Å². The monoisotopic (exact) mass is 247 g/mol. The average molecular weight is 247 g/mol. The van der Waals surface area contributed by atoms with E-state index < -0.39 is 0 Å². The lowest BCUT2D eigenvalue weighted by Gasteiger charge is -2.26. The van der Waals surface area contributed by atoms with Crippen LogP contribution in [0.1, 0.15) is 38.4 Å². The maximum absolute atomic E-state index is 11.5. The summed E-state index contributed by atoms with van der Waals surface area (Å²) >= 11 is 0. The first-order chi connectivity index (χ1) is 8.57. The summed E-state index contributed by atoms with van der Waals surface area (Å²) in [5.41, 5.74) is 0.485. The summed E-state index contributed by atoms with van der Waals surface area (Å²) < 4.78 is 1.47. The number of H-pyrrole nitrogens is 1. The second-order valence-electron chi connectivity index (χ2n) is 5.30. The van der Waals surface area contributed by atoms with Gasteiger partial charge in [-0.3, -0.25) is 0 Å². The third-order valence-corrected chi connectivity index (χ3v) is 3.71. The van der Waals surface area contributed by atoms with Crippen LogP contribution in [0.3, 0.4) is 0 Å². The zero-order valence-electron chi connectivity index (χ0n) is 10.7. The van der Waals surface area contributed by atoms with Gasteiger partial charge in [-0.15, -0.1) is 0 Å². The molecule has 2 aromatic rings. The normalized spacial score (nSPS) is 18.3. The molecule has 0 aromatic carbocycles. The van der Waals surface area contributed by atoms with Crippen LogP contribution in [0.5, 0.6) is 0 Å². The molecule has 96 valence electrons. The van der Waals surface area contributed by atoms with Crippen molar-refractivity contribution in [2.24, 2.45) is 0 Å². The van der Waals surface area contributed by atoms with E-state index in [9.17, 15) is 4.79 Å². The van der Waals surface area contributed by atoms with Gasteiger partial charge in [0.1, 0.15) is 11.6 Å². The standard InChI is InChI=1S/C12H17N5O/c1-8-13-9(14-12(2)5-3-4-6-12)7-10-15-16-11(18)17(8)10/h7,14H,3-6H2,1-2H3,(H,16,18). The zero-order valence-corrected chi connectivity index (χ0v) is 10.7. The Morgan fingerprint density at radius 3 is 2.89 bits per heavy atom. The van der Waals surface area contributed by atoms with Gasteiger partial charge in [0, 0.05) is 11.6 Å². The van der Waals surface area contributed by atoms with E-state index >= 15 is 0 Å². The number of aryl methyl sites for hydroxylation is 1.